The second kappa shape index (κ2) is 13.3. The maximum atomic E-state index is 13.6. The molecule has 1 saturated heterocycles. The fraction of sp³-hybridized carbons (Fsp3) is 0.371. The van der Waals surface area contributed by atoms with Gasteiger partial charge in [0.1, 0.15) is 24.2 Å². The molecule has 2 heterocycles. The van der Waals surface area contributed by atoms with E-state index < -0.39 is 17.7 Å². The zero-order chi connectivity index (χ0) is 30.5. The van der Waals surface area contributed by atoms with E-state index in [1.165, 1.54) is 0 Å². The highest BCUT2D eigenvalue weighted by molar-refractivity contribution is 6.46. The van der Waals surface area contributed by atoms with E-state index in [1.807, 2.05) is 55.5 Å². The van der Waals surface area contributed by atoms with Crippen molar-refractivity contribution in [3.05, 3.63) is 94.6 Å². The van der Waals surface area contributed by atoms with Crippen LogP contribution in [0, 0.1) is 0 Å². The maximum Gasteiger partial charge on any atom is 0.295 e. The molecule has 2 atom stereocenters. The molecule has 226 valence electrons. The molecule has 2 aliphatic rings. The van der Waals surface area contributed by atoms with Crippen molar-refractivity contribution in [2.24, 2.45) is 0 Å². The molecular weight excluding hydrogens is 544 g/mol. The second-order valence-electron chi connectivity index (χ2n) is 11.0. The van der Waals surface area contributed by atoms with Crippen LogP contribution in [0.5, 0.6) is 17.2 Å². The lowest BCUT2D eigenvalue weighted by atomic mass is 9.94. The number of aliphatic hydroxyl groups is 1. The number of likely N-dealkylation sites (tertiary alicyclic amines) is 1. The third-order valence-corrected chi connectivity index (χ3v) is 8.22. The number of hydrogen-bond acceptors (Lipinski definition) is 7. The van der Waals surface area contributed by atoms with Crippen LogP contribution in [0.3, 0.4) is 0 Å². The molecule has 3 aromatic rings. The highest BCUT2D eigenvalue weighted by Crippen LogP contribution is 2.43. The van der Waals surface area contributed by atoms with E-state index >= 15 is 0 Å². The van der Waals surface area contributed by atoms with Gasteiger partial charge in [0.05, 0.1) is 18.7 Å². The molecule has 0 aliphatic carbocycles. The van der Waals surface area contributed by atoms with E-state index in [-0.39, 0.29) is 17.4 Å². The van der Waals surface area contributed by atoms with Crippen LogP contribution in [0.2, 0.25) is 0 Å². The van der Waals surface area contributed by atoms with Crippen LogP contribution in [-0.4, -0.2) is 66.0 Å². The number of amides is 1. The van der Waals surface area contributed by atoms with Crippen LogP contribution in [0.25, 0.3) is 5.76 Å². The summed E-state index contributed by atoms with van der Waals surface area (Å²) in [6, 6.07) is 19.9. The van der Waals surface area contributed by atoms with Crippen molar-refractivity contribution in [1.82, 2.24) is 9.80 Å². The summed E-state index contributed by atoms with van der Waals surface area (Å²) in [6.45, 7) is 9.53. The summed E-state index contributed by atoms with van der Waals surface area (Å²) in [6.07, 6.45) is 1.44. The summed E-state index contributed by atoms with van der Waals surface area (Å²) in [5.74, 6) is 0.284. The molecule has 0 saturated carbocycles. The topological polar surface area (TPSA) is 88.5 Å². The third kappa shape index (κ3) is 6.39. The predicted octanol–water partition coefficient (Wildman–Crippen LogP) is 5.75. The molecule has 1 amide bonds. The van der Waals surface area contributed by atoms with Gasteiger partial charge in [0.2, 0.25) is 0 Å². The summed E-state index contributed by atoms with van der Waals surface area (Å²) in [4.78, 5) is 31.0. The average Bonchev–Trinajstić information content (AvgIpc) is 3.53. The Balaban J connectivity index is 1.52. The first kappa shape index (κ1) is 30.2. The molecule has 5 rings (SSSR count). The Morgan fingerprint density at radius 3 is 2.51 bits per heavy atom. The summed E-state index contributed by atoms with van der Waals surface area (Å²) in [5.41, 5.74) is 3.19. The number of carbonyl (C=O) groups is 2. The van der Waals surface area contributed by atoms with Gasteiger partial charge >= 0.3 is 0 Å². The molecule has 0 spiro atoms. The molecule has 0 aromatic heterocycles. The summed E-state index contributed by atoms with van der Waals surface area (Å²) >= 11 is 0. The van der Waals surface area contributed by atoms with Crippen LogP contribution < -0.4 is 14.2 Å². The zero-order valence-electron chi connectivity index (χ0n) is 25.3. The fourth-order valence-corrected chi connectivity index (χ4v) is 5.90. The van der Waals surface area contributed by atoms with Gasteiger partial charge in [-0.3, -0.25) is 9.59 Å². The van der Waals surface area contributed by atoms with E-state index in [0.29, 0.717) is 48.6 Å². The smallest absolute Gasteiger partial charge is 0.295 e. The highest BCUT2D eigenvalue weighted by atomic mass is 16.5. The number of aliphatic hydroxyl groups excluding tert-OH is 1. The minimum Gasteiger partial charge on any atom is -0.507 e. The van der Waals surface area contributed by atoms with Crippen LogP contribution in [0.4, 0.5) is 0 Å². The van der Waals surface area contributed by atoms with E-state index in [1.54, 1.807) is 30.2 Å². The largest absolute Gasteiger partial charge is 0.507 e. The predicted molar refractivity (Wildman–Crippen MR) is 165 cm³/mol. The average molecular weight is 585 g/mol. The minimum absolute atomic E-state index is 0.0406. The molecular formula is C35H40N2O6. The molecule has 1 fully saturated rings. The van der Waals surface area contributed by atoms with Gasteiger partial charge in [-0.1, -0.05) is 50.2 Å². The minimum atomic E-state index is -0.780. The van der Waals surface area contributed by atoms with Gasteiger partial charge in [-0.25, -0.2) is 0 Å². The first-order chi connectivity index (χ1) is 20.8. The van der Waals surface area contributed by atoms with Crippen LogP contribution in [0.15, 0.2) is 72.3 Å². The van der Waals surface area contributed by atoms with Gasteiger partial charge in [0, 0.05) is 18.5 Å². The van der Waals surface area contributed by atoms with Gasteiger partial charge in [0.25, 0.3) is 11.7 Å². The highest BCUT2D eigenvalue weighted by Gasteiger charge is 2.46. The number of methoxy groups -OCH3 is 1. The normalized spacial score (nSPS) is 19.0. The lowest BCUT2D eigenvalue weighted by Crippen LogP contribution is -2.33. The number of ketones is 1. The Morgan fingerprint density at radius 1 is 1.02 bits per heavy atom. The lowest BCUT2D eigenvalue weighted by molar-refractivity contribution is -0.140. The summed E-state index contributed by atoms with van der Waals surface area (Å²) in [5, 5.41) is 11.6. The molecule has 0 radical (unpaired) electrons. The van der Waals surface area contributed by atoms with Crippen LogP contribution in [0.1, 0.15) is 55.5 Å². The van der Waals surface area contributed by atoms with Crippen LogP contribution in [-0.2, 0) is 22.6 Å². The summed E-state index contributed by atoms with van der Waals surface area (Å²) < 4.78 is 17.6. The number of Topliss-reactive ketones (excluding diaryl/α,β-unsaturated/α-hetero) is 1. The standard InChI is InChI=1S/C35H40N2O6/c1-5-36(6-2)17-10-18-37-32(25-13-16-29(30(21-25)41-4)42-22-24-11-8-7-9-12-24)31(34(39)35(37)40)33(38)26-14-15-28-27(20-26)19-23(3)43-28/h7-9,11-16,20-21,23,32,38H,5-6,10,17-19,22H2,1-4H3/b33-31+/t23-,32-/m0/s1. The SMILES string of the molecule is CCN(CC)CCCN1C(=O)C(=O)/C(=C(/O)c2ccc3c(c2)C[C@H](C)O3)[C@@H]1c1ccc(OCc2ccccc2)c(OC)c1. The Kier molecular flexibility index (Phi) is 9.36. The quantitative estimate of drug-likeness (QED) is 0.165. The molecule has 8 heteroatoms. The molecule has 0 bridgehead atoms. The fourth-order valence-electron chi connectivity index (χ4n) is 5.90. The van der Waals surface area contributed by atoms with Gasteiger partial charge in [-0.15, -0.1) is 0 Å². The van der Waals surface area contributed by atoms with Gasteiger partial charge < -0.3 is 29.1 Å². The zero-order valence-corrected chi connectivity index (χ0v) is 25.3. The monoisotopic (exact) mass is 584 g/mol. The van der Waals surface area contributed by atoms with E-state index in [2.05, 4.69) is 18.7 Å². The van der Waals surface area contributed by atoms with Crippen molar-refractivity contribution in [2.75, 3.05) is 33.3 Å². The van der Waals surface area contributed by atoms with Crippen molar-refractivity contribution >= 4 is 17.4 Å². The Morgan fingerprint density at radius 2 is 1.79 bits per heavy atom. The van der Waals surface area contributed by atoms with Crippen molar-refractivity contribution in [2.45, 2.75) is 52.4 Å². The van der Waals surface area contributed by atoms with E-state index in [0.717, 1.165) is 36.5 Å². The number of nitrogens with zero attached hydrogens (tertiary/aromatic N) is 2. The van der Waals surface area contributed by atoms with E-state index in [4.69, 9.17) is 14.2 Å². The molecule has 1 N–H and O–H groups in total. The number of hydrogen-bond donors (Lipinski definition) is 1. The number of ether oxygens (including phenoxy) is 3. The summed E-state index contributed by atoms with van der Waals surface area (Å²) in [7, 11) is 1.56. The first-order valence-electron chi connectivity index (χ1n) is 15.0. The molecule has 2 aliphatic heterocycles. The number of fused-ring (bicyclic) bond motifs is 1. The van der Waals surface area contributed by atoms with Crippen molar-refractivity contribution in [3.63, 3.8) is 0 Å². The first-order valence-corrected chi connectivity index (χ1v) is 15.0. The number of carbonyl (C=O) groups excluding carboxylic acids is 2. The molecule has 8 nitrogen and oxygen atoms in total. The molecule has 0 unspecified atom stereocenters. The van der Waals surface area contributed by atoms with Crippen molar-refractivity contribution in [3.8, 4) is 17.2 Å². The van der Waals surface area contributed by atoms with Gasteiger partial charge in [-0.2, -0.15) is 0 Å². The maximum absolute atomic E-state index is 13.6. The van der Waals surface area contributed by atoms with E-state index in [9.17, 15) is 14.7 Å². The second-order valence-corrected chi connectivity index (χ2v) is 11.0. The Bertz CT molecular complexity index is 1500. The van der Waals surface area contributed by atoms with Crippen molar-refractivity contribution < 1.29 is 28.9 Å². The lowest BCUT2D eigenvalue weighted by Gasteiger charge is -2.27. The Labute approximate surface area is 253 Å². The van der Waals surface area contributed by atoms with Crippen LogP contribution >= 0.6 is 0 Å². The number of rotatable bonds is 12. The van der Waals surface area contributed by atoms with Gasteiger partial charge in [0.15, 0.2) is 11.5 Å². The Hall–Kier alpha value is -4.30. The van der Waals surface area contributed by atoms with Gasteiger partial charge in [-0.05, 0) is 80.0 Å². The molecule has 3 aromatic carbocycles. The van der Waals surface area contributed by atoms with Crippen molar-refractivity contribution in [1.29, 1.82) is 0 Å². The molecule has 43 heavy (non-hydrogen) atoms. The third-order valence-electron chi connectivity index (χ3n) is 8.22. The number of benzene rings is 3.